The topological polar surface area (TPSA) is 63.9 Å². The second-order valence-electron chi connectivity index (χ2n) is 2.63. The van der Waals surface area contributed by atoms with E-state index in [1.54, 1.807) is 6.07 Å². The lowest BCUT2D eigenvalue weighted by molar-refractivity contribution is -0.298. The molecule has 1 aromatic carbocycles. The Bertz CT molecular complexity index is 475. The normalized spacial score (nSPS) is 10.9. The maximum Gasteiger partial charge on any atom is 0.101 e. The van der Waals surface area contributed by atoms with Gasteiger partial charge in [-0.05, 0) is 23.8 Å². The molecule has 15 heavy (non-hydrogen) atoms. The van der Waals surface area contributed by atoms with Gasteiger partial charge in [-0.15, -0.1) is 0 Å². The molecule has 0 heterocycles. The third kappa shape index (κ3) is 2.98. The molecule has 0 spiro atoms. The Morgan fingerprint density at radius 2 is 2.07 bits per heavy atom. The molecule has 0 bridgehead atoms. The molecule has 0 saturated carbocycles. The summed E-state index contributed by atoms with van der Waals surface area (Å²) in [6.07, 6.45) is 1.16. The summed E-state index contributed by atoms with van der Waals surface area (Å²) in [7, 11) is 0. The minimum Gasteiger partial charge on any atom is -0.544 e. The molecular formula is C10H4Cl2NO2-. The summed E-state index contributed by atoms with van der Waals surface area (Å²) in [5.74, 6) is -1.52. The van der Waals surface area contributed by atoms with Crippen LogP contribution in [0.4, 0.5) is 0 Å². The van der Waals surface area contributed by atoms with E-state index < -0.39 is 11.5 Å². The number of nitriles is 1. The highest BCUT2D eigenvalue weighted by molar-refractivity contribution is 6.42. The zero-order chi connectivity index (χ0) is 11.4. The van der Waals surface area contributed by atoms with Gasteiger partial charge in [0.05, 0.1) is 21.6 Å². The Labute approximate surface area is 96.2 Å². The van der Waals surface area contributed by atoms with E-state index in [1.165, 1.54) is 18.2 Å². The number of carbonyl (C=O) groups excluding carboxylic acids is 1. The van der Waals surface area contributed by atoms with Crippen molar-refractivity contribution < 1.29 is 9.90 Å². The average Bonchev–Trinajstić information content (AvgIpc) is 2.19. The van der Waals surface area contributed by atoms with Gasteiger partial charge in [-0.25, -0.2) is 0 Å². The highest BCUT2D eigenvalue weighted by Gasteiger charge is 2.00. The van der Waals surface area contributed by atoms with Gasteiger partial charge in [0.1, 0.15) is 6.07 Å². The van der Waals surface area contributed by atoms with Crippen molar-refractivity contribution in [3.05, 3.63) is 39.4 Å². The Kier molecular flexibility index (Phi) is 3.73. The summed E-state index contributed by atoms with van der Waals surface area (Å²) < 4.78 is 0. The monoisotopic (exact) mass is 240 g/mol. The van der Waals surface area contributed by atoms with Gasteiger partial charge >= 0.3 is 0 Å². The number of hydrogen-bond acceptors (Lipinski definition) is 3. The highest BCUT2D eigenvalue weighted by atomic mass is 35.5. The van der Waals surface area contributed by atoms with Crippen LogP contribution in [0.2, 0.25) is 10.0 Å². The SMILES string of the molecule is N#C/C(=C/c1ccc(Cl)c(Cl)c1)C(=O)[O-]. The molecule has 5 heteroatoms. The van der Waals surface area contributed by atoms with Gasteiger partial charge in [-0.1, -0.05) is 29.3 Å². The summed E-state index contributed by atoms with van der Waals surface area (Å²) in [6, 6.07) is 6.03. The maximum absolute atomic E-state index is 10.4. The van der Waals surface area contributed by atoms with Crippen molar-refractivity contribution >= 4 is 35.2 Å². The first-order chi connectivity index (χ1) is 7.04. The summed E-state index contributed by atoms with van der Waals surface area (Å²) in [6.45, 7) is 0. The van der Waals surface area contributed by atoms with Crippen molar-refractivity contribution in [2.24, 2.45) is 0 Å². The van der Waals surface area contributed by atoms with Gasteiger partial charge in [0.25, 0.3) is 0 Å². The quantitative estimate of drug-likeness (QED) is 0.584. The molecule has 0 unspecified atom stereocenters. The molecule has 0 aliphatic rings. The van der Waals surface area contributed by atoms with Gasteiger partial charge in [-0.3, -0.25) is 0 Å². The van der Waals surface area contributed by atoms with Crippen LogP contribution in [-0.4, -0.2) is 5.97 Å². The molecule has 0 aromatic heterocycles. The van der Waals surface area contributed by atoms with Crippen LogP contribution in [-0.2, 0) is 4.79 Å². The predicted molar refractivity (Wildman–Crippen MR) is 55.1 cm³/mol. The van der Waals surface area contributed by atoms with Crippen molar-refractivity contribution in [2.45, 2.75) is 0 Å². The lowest BCUT2D eigenvalue weighted by Gasteiger charge is -2.00. The zero-order valence-electron chi connectivity index (χ0n) is 7.33. The van der Waals surface area contributed by atoms with Crippen molar-refractivity contribution in [1.29, 1.82) is 5.26 Å². The number of benzene rings is 1. The first-order valence-corrected chi connectivity index (χ1v) is 4.58. The summed E-state index contributed by atoms with van der Waals surface area (Å²) >= 11 is 11.4. The smallest absolute Gasteiger partial charge is 0.101 e. The van der Waals surface area contributed by atoms with Gasteiger partial charge in [0.15, 0.2) is 0 Å². The van der Waals surface area contributed by atoms with Crippen molar-refractivity contribution in [3.8, 4) is 6.07 Å². The lowest BCUT2D eigenvalue weighted by atomic mass is 10.1. The molecule has 0 fully saturated rings. The minimum atomic E-state index is -1.52. The fraction of sp³-hybridized carbons (Fsp3) is 0. The van der Waals surface area contributed by atoms with E-state index in [0.29, 0.717) is 15.6 Å². The Hall–Kier alpha value is -1.50. The van der Waals surface area contributed by atoms with E-state index in [9.17, 15) is 9.90 Å². The van der Waals surface area contributed by atoms with Crippen LogP contribution in [0.25, 0.3) is 6.08 Å². The molecule has 0 amide bonds. The molecule has 1 rings (SSSR count). The van der Waals surface area contributed by atoms with Gasteiger partial charge in [0.2, 0.25) is 0 Å². The maximum atomic E-state index is 10.4. The fourth-order valence-electron chi connectivity index (χ4n) is 0.906. The molecule has 0 N–H and O–H groups in total. The van der Waals surface area contributed by atoms with Crippen LogP contribution in [0.3, 0.4) is 0 Å². The van der Waals surface area contributed by atoms with Crippen LogP contribution < -0.4 is 5.11 Å². The number of hydrogen-bond donors (Lipinski definition) is 0. The lowest BCUT2D eigenvalue weighted by Crippen LogP contribution is -2.23. The Balaban J connectivity index is 3.14. The molecule has 0 radical (unpaired) electrons. The van der Waals surface area contributed by atoms with Gasteiger partial charge in [0, 0.05) is 0 Å². The Morgan fingerprint density at radius 3 is 2.53 bits per heavy atom. The Morgan fingerprint density at radius 1 is 1.40 bits per heavy atom. The number of rotatable bonds is 2. The summed E-state index contributed by atoms with van der Waals surface area (Å²) in [5.41, 5.74) is 0.0125. The molecule has 0 saturated heterocycles. The second-order valence-corrected chi connectivity index (χ2v) is 3.45. The van der Waals surface area contributed by atoms with E-state index in [2.05, 4.69) is 0 Å². The number of aliphatic carboxylic acids is 1. The predicted octanol–water partition coefficient (Wildman–Crippen LogP) is 1.65. The van der Waals surface area contributed by atoms with Gasteiger partial charge in [-0.2, -0.15) is 5.26 Å². The van der Waals surface area contributed by atoms with E-state index >= 15 is 0 Å². The first-order valence-electron chi connectivity index (χ1n) is 3.83. The molecule has 3 nitrogen and oxygen atoms in total. The molecule has 76 valence electrons. The first kappa shape index (κ1) is 11.6. The summed E-state index contributed by atoms with van der Waals surface area (Å²) in [4.78, 5) is 10.4. The van der Waals surface area contributed by atoms with E-state index in [1.807, 2.05) is 0 Å². The number of nitrogens with zero attached hydrogens (tertiary/aromatic N) is 1. The molecule has 0 aliphatic heterocycles. The van der Waals surface area contributed by atoms with Crippen molar-refractivity contribution in [3.63, 3.8) is 0 Å². The molecule has 0 atom stereocenters. The average molecular weight is 241 g/mol. The van der Waals surface area contributed by atoms with Crippen LogP contribution in [0.15, 0.2) is 23.8 Å². The number of carboxylic acids is 1. The van der Waals surface area contributed by atoms with E-state index in [-0.39, 0.29) is 0 Å². The highest BCUT2D eigenvalue weighted by Crippen LogP contribution is 2.23. The van der Waals surface area contributed by atoms with Gasteiger partial charge < -0.3 is 9.90 Å². The third-order valence-corrected chi connectivity index (χ3v) is 2.33. The van der Waals surface area contributed by atoms with Crippen molar-refractivity contribution in [2.75, 3.05) is 0 Å². The number of carbonyl (C=O) groups is 1. The molecular weight excluding hydrogens is 237 g/mol. The molecule has 0 aliphatic carbocycles. The second kappa shape index (κ2) is 4.83. The number of halogens is 2. The minimum absolute atomic E-state index is 0.293. The van der Waals surface area contributed by atoms with E-state index in [4.69, 9.17) is 28.5 Å². The third-order valence-electron chi connectivity index (χ3n) is 1.60. The van der Waals surface area contributed by atoms with Crippen LogP contribution in [0.1, 0.15) is 5.56 Å². The zero-order valence-corrected chi connectivity index (χ0v) is 8.84. The van der Waals surface area contributed by atoms with Crippen LogP contribution in [0.5, 0.6) is 0 Å². The number of carboxylic acid groups (broad SMARTS) is 1. The summed E-state index contributed by atoms with van der Waals surface area (Å²) in [5, 5.41) is 19.6. The van der Waals surface area contributed by atoms with E-state index in [0.717, 1.165) is 6.08 Å². The van der Waals surface area contributed by atoms with Crippen molar-refractivity contribution in [1.82, 2.24) is 0 Å². The van der Waals surface area contributed by atoms with Crippen LogP contribution in [0, 0.1) is 11.3 Å². The standard InChI is InChI=1S/C10H5Cl2NO2/c11-8-2-1-6(4-9(8)12)3-7(5-13)10(14)15/h1-4H,(H,14,15)/p-1/b7-3-. The largest absolute Gasteiger partial charge is 0.544 e. The fourth-order valence-corrected chi connectivity index (χ4v) is 1.21. The molecule has 1 aromatic rings. The van der Waals surface area contributed by atoms with Crippen LogP contribution >= 0.6 is 23.2 Å².